The average molecular weight is 197 g/mol. The Morgan fingerprint density at radius 3 is 2.86 bits per heavy atom. The summed E-state index contributed by atoms with van der Waals surface area (Å²) >= 11 is 0. The lowest BCUT2D eigenvalue weighted by atomic mass is 10.1. The molecule has 5 nitrogen and oxygen atoms in total. The summed E-state index contributed by atoms with van der Waals surface area (Å²) in [6.07, 6.45) is 1.91. The molecule has 78 valence electrons. The number of nitrogens with two attached hydrogens (primary N) is 1. The maximum Gasteiger partial charge on any atom is 0.221 e. The van der Waals surface area contributed by atoms with Crippen LogP contribution in [0.25, 0.3) is 0 Å². The zero-order valence-electron chi connectivity index (χ0n) is 8.40. The molecule has 0 aromatic carbocycles. The molecule has 1 rings (SSSR count). The van der Waals surface area contributed by atoms with E-state index in [2.05, 4.69) is 9.97 Å². The lowest BCUT2D eigenvalue weighted by Crippen LogP contribution is -2.16. The SMILES string of the molecule is COc1ncnc(C)c1C(N)CCO. The van der Waals surface area contributed by atoms with Crippen molar-refractivity contribution in [1.82, 2.24) is 9.97 Å². The van der Waals surface area contributed by atoms with E-state index in [-0.39, 0.29) is 12.6 Å². The molecule has 0 saturated carbocycles. The minimum Gasteiger partial charge on any atom is -0.481 e. The maximum atomic E-state index is 8.79. The van der Waals surface area contributed by atoms with Crippen molar-refractivity contribution in [2.45, 2.75) is 19.4 Å². The molecule has 1 aromatic heterocycles. The van der Waals surface area contributed by atoms with Crippen LogP contribution in [0.3, 0.4) is 0 Å². The largest absolute Gasteiger partial charge is 0.481 e. The molecular weight excluding hydrogens is 182 g/mol. The van der Waals surface area contributed by atoms with Gasteiger partial charge in [-0.25, -0.2) is 9.97 Å². The molecule has 0 aliphatic rings. The van der Waals surface area contributed by atoms with Crippen molar-refractivity contribution in [2.75, 3.05) is 13.7 Å². The lowest BCUT2D eigenvalue weighted by molar-refractivity contribution is 0.274. The summed E-state index contributed by atoms with van der Waals surface area (Å²) in [5.41, 5.74) is 7.42. The number of ether oxygens (including phenoxy) is 1. The van der Waals surface area contributed by atoms with Crippen molar-refractivity contribution in [3.05, 3.63) is 17.6 Å². The van der Waals surface area contributed by atoms with Crippen LogP contribution in [-0.2, 0) is 0 Å². The number of nitrogens with zero attached hydrogens (tertiary/aromatic N) is 2. The van der Waals surface area contributed by atoms with Gasteiger partial charge in [0.15, 0.2) is 0 Å². The van der Waals surface area contributed by atoms with Crippen molar-refractivity contribution in [3.63, 3.8) is 0 Å². The normalized spacial score (nSPS) is 12.6. The molecule has 14 heavy (non-hydrogen) atoms. The van der Waals surface area contributed by atoms with Crippen LogP contribution in [0.2, 0.25) is 0 Å². The average Bonchev–Trinajstić information content (AvgIpc) is 2.17. The van der Waals surface area contributed by atoms with Crippen molar-refractivity contribution in [1.29, 1.82) is 0 Å². The molecule has 1 heterocycles. The molecule has 3 N–H and O–H groups in total. The van der Waals surface area contributed by atoms with Crippen molar-refractivity contribution in [2.24, 2.45) is 5.73 Å². The summed E-state index contributed by atoms with van der Waals surface area (Å²) in [4.78, 5) is 8.00. The summed E-state index contributed by atoms with van der Waals surface area (Å²) in [7, 11) is 1.54. The standard InChI is InChI=1S/C9H15N3O2/c1-6-8(7(10)3-4-13)9(14-2)12-5-11-6/h5,7,13H,3-4,10H2,1-2H3. The van der Waals surface area contributed by atoms with Gasteiger partial charge in [-0.15, -0.1) is 0 Å². The Bertz CT molecular complexity index is 304. The number of hydrogen-bond acceptors (Lipinski definition) is 5. The molecule has 5 heteroatoms. The third-order valence-corrected chi connectivity index (χ3v) is 2.05. The van der Waals surface area contributed by atoms with E-state index in [1.807, 2.05) is 6.92 Å². The Balaban J connectivity index is 3.03. The third-order valence-electron chi connectivity index (χ3n) is 2.05. The second-order valence-electron chi connectivity index (χ2n) is 3.00. The quantitative estimate of drug-likeness (QED) is 0.719. The second kappa shape index (κ2) is 4.88. The molecule has 0 fully saturated rings. The van der Waals surface area contributed by atoms with E-state index < -0.39 is 0 Å². The van der Waals surface area contributed by atoms with Crippen molar-refractivity contribution < 1.29 is 9.84 Å². The Hall–Kier alpha value is -1.20. The number of methoxy groups -OCH3 is 1. The Labute approximate surface area is 82.9 Å². The van der Waals surface area contributed by atoms with Crippen LogP contribution < -0.4 is 10.5 Å². The second-order valence-corrected chi connectivity index (χ2v) is 3.00. The molecular formula is C9H15N3O2. The van der Waals surface area contributed by atoms with Gasteiger partial charge in [-0.1, -0.05) is 0 Å². The van der Waals surface area contributed by atoms with Crippen LogP contribution in [0.15, 0.2) is 6.33 Å². The topological polar surface area (TPSA) is 81.3 Å². The fourth-order valence-electron chi connectivity index (χ4n) is 1.33. The molecule has 1 unspecified atom stereocenters. The van der Waals surface area contributed by atoms with Gasteiger partial charge in [-0.2, -0.15) is 0 Å². The van der Waals surface area contributed by atoms with E-state index in [1.165, 1.54) is 13.4 Å². The summed E-state index contributed by atoms with van der Waals surface area (Å²) in [5, 5.41) is 8.79. The number of rotatable bonds is 4. The molecule has 0 radical (unpaired) electrons. The highest BCUT2D eigenvalue weighted by atomic mass is 16.5. The molecule has 0 aliphatic carbocycles. The number of aliphatic hydroxyl groups is 1. The van der Waals surface area contributed by atoms with Crippen LogP contribution in [-0.4, -0.2) is 28.8 Å². The first-order valence-electron chi connectivity index (χ1n) is 4.42. The molecule has 0 bridgehead atoms. The van der Waals surface area contributed by atoms with Crippen LogP contribution in [0, 0.1) is 6.92 Å². The van der Waals surface area contributed by atoms with Crippen LogP contribution >= 0.6 is 0 Å². The Morgan fingerprint density at radius 1 is 1.57 bits per heavy atom. The van der Waals surface area contributed by atoms with Crippen molar-refractivity contribution >= 4 is 0 Å². The predicted octanol–water partition coefficient (Wildman–Crippen LogP) is 0.176. The van der Waals surface area contributed by atoms with E-state index >= 15 is 0 Å². The fraction of sp³-hybridized carbons (Fsp3) is 0.556. The third kappa shape index (κ3) is 2.18. The molecule has 0 saturated heterocycles. The van der Waals surface area contributed by atoms with Gasteiger partial charge >= 0.3 is 0 Å². The minimum absolute atomic E-state index is 0.0403. The van der Waals surface area contributed by atoms with Crippen LogP contribution in [0.1, 0.15) is 23.7 Å². The van der Waals surface area contributed by atoms with Crippen LogP contribution in [0.5, 0.6) is 5.88 Å². The summed E-state index contributed by atoms with van der Waals surface area (Å²) in [6.45, 7) is 1.88. The predicted molar refractivity (Wildman–Crippen MR) is 52.0 cm³/mol. The van der Waals surface area contributed by atoms with Gasteiger partial charge in [0.2, 0.25) is 5.88 Å². The van der Waals surface area contributed by atoms with Gasteiger partial charge in [-0.3, -0.25) is 0 Å². The zero-order valence-corrected chi connectivity index (χ0v) is 8.40. The van der Waals surface area contributed by atoms with Crippen molar-refractivity contribution in [3.8, 4) is 5.88 Å². The van der Waals surface area contributed by atoms with E-state index in [4.69, 9.17) is 15.6 Å². The Kier molecular flexibility index (Phi) is 3.79. The first-order valence-corrected chi connectivity index (χ1v) is 4.42. The van der Waals surface area contributed by atoms with Gasteiger partial charge < -0.3 is 15.6 Å². The fourth-order valence-corrected chi connectivity index (χ4v) is 1.33. The molecule has 0 aliphatic heterocycles. The van der Waals surface area contributed by atoms with E-state index in [9.17, 15) is 0 Å². The minimum atomic E-state index is -0.281. The zero-order chi connectivity index (χ0) is 10.6. The lowest BCUT2D eigenvalue weighted by Gasteiger charge is -2.15. The van der Waals surface area contributed by atoms with Gasteiger partial charge in [0.05, 0.1) is 12.7 Å². The van der Waals surface area contributed by atoms with Gasteiger partial charge in [-0.05, 0) is 13.3 Å². The van der Waals surface area contributed by atoms with E-state index in [0.717, 1.165) is 11.3 Å². The smallest absolute Gasteiger partial charge is 0.221 e. The number of aromatic nitrogens is 2. The summed E-state index contributed by atoms with van der Waals surface area (Å²) < 4.78 is 5.08. The molecule has 1 atom stereocenters. The van der Waals surface area contributed by atoms with Gasteiger partial charge in [0, 0.05) is 18.3 Å². The molecule has 0 amide bonds. The number of hydrogen-bond donors (Lipinski definition) is 2. The van der Waals surface area contributed by atoms with Crippen LogP contribution in [0.4, 0.5) is 0 Å². The van der Waals surface area contributed by atoms with E-state index in [1.54, 1.807) is 0 Å². The first kappa shape index (κ1) is 10.9. The van der Waals surface area contributed by atoms with Gasteiger partial charge in [0.1, 0.15) is 6.33 Å². The number of aryl methyl sites for hydroxylation is 1. The highest BCUT2D eigenvalue weighted by Crippen LogP contribution is 2.24. The van der Waals surface area contributed by atoms with Gasteiger partial charge in [0.25, 0.3) is 0 Å². The summed E-state index contributed by atoms with van der Waals surface area (Å²) in [6, 6.07) is -0.281. The highest BCUT2D eigenvalue weighted by Gasteiger charge is 2.15. The highest BCUT2D eigenvalue weighted by molar-refractivity contribution is 5.31. The molecule has 1 aromatic rings. The Morgan fingerprint density at radius 2 is 2.29 bits per heavy atom. The first-order chi connectivity index (χ1) is 6.70. The monoisotopic (exact) mass is 197 g/mol. The molecule has 0 spiro atoms. The van der Waals surface area contributed by atoms with E-state index in [0.29, 0.717) is 12.3 Å². The maximum absolute atomic E-state index is 8.79. The summed E-state index contributed by atoms with van der Waals surface area (Å²) in [5.74, 6) is 0.485. The number of aliphatic hydroxyl groups excluding tert-OH is 1.